The van der Waals surface area contributed by atoms with Crippen LogP contribution in [-0.2, 0) is 4.79 Å². The lowest BCUT2D eigenvalue weighted by molar-refractivity contribution is -0.119. The van der Waals surface area contributed by atoms with E-state index in [0.29, 0.717) is 6.42 Å². The maximum Gasteiger partial charge on any atom is 0.136 e. The van der Waals surface area contributed by atoms with Gasteiger partial charge in [0.2, 0.25) is 0 Å². The molecule has 1 N–H and O–H groups in total. The number of carbonyl (C=O) groups is 1. The third kappa shape index (κ3) is 8.66. The number of ketones is 1. The normalized spacial score (nSPS) is 17.9. The first-order valence-corrected chi connectivity index (χ1v) is 7.97. The van der Waals surface area contributed by atoms with Crippen LogP contribution in [0.1, 0.15) is 47.5 Å². The van der Waals surface area contributed by atoms with E-state index in [4.69, 9.17) is 0 Å². The van der Waals surface area contributed by atoms with Crippen molar-refractivity contribution >= 4 is 5.78 Å². The molecule has 0 aromatic rings. The number of nitrogens with one attached hydrogen (secondary N) is 1. The van der Waals surface area contributed by atoms with Gasteiger partial charge in [-0.25, -0.2) is 4.39 Å². The molecule has 1 aliphatic rings. The smallest absolute Gasteiger partial charge is 0.136 e. The van der Waals surface area contributed by atoms with E-state index in [1.165, 1.54) is 25.6 Å². The van der Waals surface area contributed by atoms with Gasteiger partial charge in [-0.05, 0) is 39.7 Å². The van der Waals surface area contributed by atoms with Gasteiger partial charge in [-0.2, -0.15) is 0 Å². The summed E-state index contributed by atoms with van der Waals surface area (Å²) in [5.41, 5.74) is 1.25. The Hall–Kier alpha value is -1.16. The number of rotatable bonds is 6. The molecular formula is C17H31FN2O. The Kier molecular flexibility index (Phi) is 10.9. The van der Waals surface area contributed by atoms with Crippen molar-refractivity contribution in [3.8, 4) is 0 Å². The van der Waals surface area contributed by atoms with E-state index in [1.807, 2.05) is 13.8 Å². The summed E-state index contributed by atoms with van der Waals surface area (Å²) in [5.74, 6) is -0.537. The van der Waals surface area contributed by atoms with Crippen molar-refractivity contribution in [3.05, 3.63) is 23.7 Å². The van der Waals surface area contributed by atoms with Gasteiger partial charge in [-0.15, -0.1) is 0 Å². The van der Waals surface area contributed by atoms with Gasteiger partial charge in [-0.3, -0.25) is 4.79 Å². The predicted molar refractivity (Wildman–Crippen MR) is 87.8 cm³/mol. The van der Waals surface area contributed by atoms with E-state index >= 15 is 0 Å². The summed E-state index contributed by atoms with van der Waals surface area (Å²) >= 11 is 0. The Balaban J connectivity index is 0.00000191. The van der Waals surface area contributed by atoms with Crippen LogP contribution in [0.2, 0.25) is 0 Å². The summed E-state index contributed by atoms with van der Waals surface area (Å²) in [6.07, 6.45) is 5.07. The molecule has 0 aliphatic carbocycles. The third-order valence-corrected chi connectivity index (χ3v) is 3.49. The van der Waals surface area contributed by atoms with Crippen LogP contribution in [0.25, 0.3) is 0 Å². The van der Waals surface area contributed by atoms with Crippen LogP contribution in [0, 0.1) is 5.92 Å². The Morgan fingerprint density at radius 3 is 2.29 bits per heavy atom. The second kappa shape index (κ2) is 11.5. The molecule has 0 spiro atoms. The number of allylic oxidation sites excluding steroid dienone is 4. The zero-order valence-electron chi connectivity index (χ0n) is 14.2. The molecule has 21 heavy (non-hydrogen) atoms. The molecule has 1 unspecified atom stereocenters. The average Bonchev–Trinajstić information content (AvgIpc) is 2.48. The maximum absolute atomic E-state index is 12.9. The molecule has 1 aliphatic heterocycles. The highest BCUT2D eigenvalue weighted by atomic mass is 19.1. The van der Waals surface area contributed by atoms with Gasteiger partial charge in [0.05, 0.1) is 5.83 Å². The Morgan fingerprint density at radius 1 is 1.24 bits per heavy atom. The lowest BCUT2D eigenvalue weighted by atomic mass is 9.98. The topological polar surface area (TPSA) is 32.3 Å². The Morgan fingerprint density at radius 2 is 1.81 bits per heavy atom. The van der Waals surface area contributed by atoms with Gasteiger partial charge in [0.15, 0.2) is 0 Å². The zero-order chi connectivity index (χ0) is 16.3. The maximum atomic E-state index is 12.9. The monoisotopic (exact) mass is 298 g/mol. The van der Waals surface area contributed by atoms with Crippen molar-refractivity contribution in [1.29, 1.82) is 0 Å². The van der Waals surface area contributed by atoms with Crippen LogP contribution in [0.4, 0.5) is 4.39 Å². The van der Waals surface area contributed by atoms with Gasteiger partial charge in [-0.1, -0.05) is 19.9 Å². The number of piperazine rings is 1. The molecule has 0 saturated carbocycles. The van der Waals surface area contributed by atoms with Crippen molar-refractivity contribution < 1.29 is 9.18 Å². The molecule has 1 atom stereocenters. The predicted octanol–water partition coefficient (Wildman–Crippen LogP) is 3.68. The molecule has 1 saturated heterocycles. The lowest BCUT2D eigenvalue weighted by Gasteiger charge is -2.30. The minimum absolute atomic E-state index is 0.0326. The summed E-state index contributed by atoms with van der Waals surface area (Å²) in [7, 11) is 0. The second-order valence-electron chi connectivity index (χ2n) is 5.13. The molecule has 4 heteroatoms. The number of hydrogen-bond donors (Lipinski definition) is 1. The minimum atomic E-state index is -0.294. The lowest BCUT2D eigenvalue weighted by Crippen LogP contribution is -2.42. The van der Waals surface area contributed by atoms with Crippen LogP contribution < -0.4 is 5.32 Å². The fourth-order valence-electron chi connectivity index (χ4n) is 2.30. The van der Waals surface area contributed by atoms with E-state index < -0.39 is 0 Å². The second-order valence-corrected chi connectivity index (χ2v) is 5.13. The van der Waals surface area contributed by atoms with Crippen LogP contribution in [-0.4, -0.2) is 36.9 Å². The number of halogens is 1. The highest BCUT2D eigenvalue weighted by Crippen LogP contribution is 2.15. The highest BCUT2D eigenvalue weighted by Gasteiger charge is 2.12. The first-order valence-electron chi connectivity index (χ1n) is 7.97. The van der Waals surface area contributed by atoms with Gasteiger partial charge in [0, 0.05) is 37.8 Å². The quantitative estimate of drug-likeness (QED) is 0.812. The number of Topliss-reactive ketones (excluding diaryl/α,β-unsaturated/α-hetero) is 1. The molecule has 1 rings (SSSR count). The first-order chi connectivity index (χ1) is 10.0. The molecule has 0 radical (unpaired) electrons. The molecule has 0 aromatic carbocycles. The molecule has 1 fully saturated rings. The van der Waals surface area contributed by atoms with Crippen LogP contribution in [0.5, 0.6) is 0 Å². The molecule has 0 amide bonds. The average molecular weight is 298 g/mol. The molecular weight excluding hydrogens is 267 g/mol. The van der Waals surface area contributed by atoms with E-state index in [2.05, 4.69) is 23.2 Å². The van der Waals surface area contributed by atoms with Crippen molar-refractivity contribution in [2.45, 2.75) is 47.5 Å². The largest absolute Gasteiger partial charge is 0.373 e. The van der Waals surface area contributed by atoms with Crippen molar-refractivity contribution in [2.75, 3.05) is 26.2 Å². The molecule has 1 heterocycles. The molecule has 122 valence electrons. The van der Waals surface area contributed by atoms with E-state index in [-0.39, 0.29) is 17.5 Å². The van der Waals surface area contributed by atoms with Gasteiger partial charge >= 0.3 is 0 Å². The SMILES string of the molecule is CC.CC(=O)C(/C=C(\C)F)CC/C=C(\C)N1CCNCC1. The van der Waals surface area contributed by atoms with E-state index in [1.54, 1.807) is 0 Å². The molecule has 3 nitrogen and oxygen atoms in total. The van der Waals surface area contributed by atoms with E-state index in [9.17, 15) is 9.18 Å². The number of carbonyl (C=O) groups excluding carboxylic acids is 1. The number of nitrogens with zero attached hydrogens (tertiary/aromatic N) is 1. The Bertz CT molecular complexity index is 354. The standard InChI is InChI=1S/C15H25FN2O.C2H6/c1-12(16)11-15(14(3)19)6-4-5-13(2)18-9-7-17-8-10-18;1-2/h5,11,15,17H,4,6-10H2,1-3H3;1-2H3/b12-11+,13-5+;. The van der Waals surface area contributed by atoms with Crippen molar-refractivity contribution in [3.63, 3.8) is 0 Å². The summed E-state index contributed by atoms with van der Waals surface area (Å²) in [6, 6.07) is 0. The summed E-state index contributed by atoms with van der Waals surface area (Å²) in [6.45, 7) is 13.1. The third-order valence-electron chi connectivity index (χ3n) is 3.49. The van der Waals surface area contributed by atoms with E-state index in [0.717, 1.165) is 32.6 Å². The molecule has 0 aromatic heterocycles. The fourth-order valence-corrected chi connectivity index (χ4v) is 2.30. The zero-order valence-corrected chi connectivity index (χ0v) is 14.2. The first kappa shape index (κ1) is 19.8. The summed E-state index contributed by atoms with van der Waals surface area (Å²) in [5, 5.41) is 3.32. The van der Waals surface area contributed by atoms with Gasteiger partial charge < -0.3 is 10.2 Å². The van der Waals surface area contributed by atoms with Gasteiger partial charge in [0.1, 0.15) is 5.78 Å². The van der Waals surface area contributed by atoms with Crippen molar-refractivity contribution in [1.82, 2.24) is 10.2 Å². The van der Waals surface area contributed by atoms with Gasteiger partial charge in [0.25, 0.3) is 0 Å². The van der Waals surface area contributed by atoms with Crippen LogP contribution in [0.3, 0.4) is 0 Å². The highest BCUT2D eigenvalue weighted by molar-refractivity contribution is 5.80. The van der Waals surface area contributed by atoms with Crippen LogP contribution >= 0.6 is 0 Å². The fraction of sp³-hybridized carbons (Fsp3) is 0.706. The summed E-state index contributed by atoms with van der Waals surface area (Å²) < 4.78 is 12.9. The number of hydrogen-bond acceptors (Lipinski definition) is 3. The van der Waals surface area contributed by atoms with Crippen LogP contribution in [0.15, 0.2) is 23.7 Å². The summed E-state index contributed by atoms with van der Waals surface area (Å²) in [4.78, 5) is 13.7. The molecule has 0 bridgehead atoms. The van der Waals surface area contributed by atoms with Crippen molar-refractivity contribution in [2.24, 2.45) is 5.92 Å². The Labute approximate surface area is 129 Å². The minimum Gasteiger partial charge on any atom is -0.373 e.